The minimum absolute atomic E-state index is 0.279. The molecule has 2 rings (SSSR count). The fourth-order valence-corrected chi connectivity index (χ4v) is 1.81. The molecule has 1 fully saturated rings. The topological polar surface area (TPSA) is 85.2 Å². The lowest BCUT2D eigenvalue weighted by Crippen LogP contribution is -2.18. The van der Waals surface area contributed by atoms with Crippen LogP contribution in [0.2, 0.25) is 0 Å². The van der Waals surface area contributed by atoms with E-state index in [2.05, 4.69) is 15.2 Å². The summed E-state index contributed by atoms with van der Waals surface area (Å²) in [6, 6.07) is 0. The average Bonchev–Trinajstić information content (AvgIpc) is 2.39. The lowest BCUT2D eigenvalue weighted by atomic mass is 9.97. The number of carboxylic acid groups (broad SMARTS) is 1. The Morgan fingerprint density at radius 1 is 1.53 bits per heavy atom. The monoisotopic (exact) mass is 237 g/mol. The van der Waals surface area contributed by atoms with Crippen LogP contribution in [0, 0.1) is 0 Å². The third kappa shape index (κ3) is 2.76. The Kier molecular flexibility index (Phi) is 3.63. The molecule has 1 atom stereocenters. The third-order valence-electron chi connectivity index (χ3n) is 2.99. The Morgan fingerprint density at radius 3 is 2.88 bits per heavy atom. The molecule has 1 N–H and O–H groups in total. The molecule has 1 saturated heterocycles. The van der Waals surface area contributed by atoms with E-state index in [4.69, 9.17) is 9.84 Å². The van der Waals surface area contributed by atoms with Crippen molar-refractivity contribution in [3.8, 4) is 0 Å². The predicted molar refractivity (Wildman–Crippen MR) is 58.7 cm³/mol. The van der Waals surface area contributed by atoms with Gasteiger partial charge in [0.05, 0.1) is 11.9 Å². The number of carboxylic acids is 1. The zero-order valence-corrected chi connectivity index (χ0v) is 9.67. The Hall–Kier alpha value is -1.56. The van der Waals surface area contributed by atoms with Crippen LogP contribution in [-0.4, -0.2) is 39.5 Å². The Bertz CT molecular complexity index is 405. The molecule has 1 aliphatic rings. The van der Waals surface area contributed by atoms with Gasteiger partial charge in [0, 0.05) is 19.1 Å². The normalized spacial score (nSPS) is 18.9. The quantitative estimate of drug-likeness (QED) is 0.842. The first-order chi connectivity index (χ1) is 8.18. The lowest BCUT2D eigenvalue weighted by Gasteiger charge is -2.21. The predicted octanol–water partition coefficient (Wildman–Crippen LogP) is 0.954. The van der Waals surface area contributed by atoms with Crippen LogP contribution in [0.25, 0.3) is 0 Å². The Balaban J connectivity index is 2.18. The second-order valence-electron chi connectivity index (χ2n) is 4.19. The van der Waals surface area contributed by atoms with Crippen molar-refractivity contribution >= 4 is 5.97 Å². The van der Waals surface area contributed by atoms with Gasteiger partial charge in [-0.2, -0.15) is 5.10 Å². The maximum atomic E-state index is 10.9. The standard InChI is InChI=1S/C11H15N3O3/c1-7(11(15)16)10-13-9(6-12-14-10)8-2-4-17-5-3-8/h6-8H,2-5H2,1H3,(H,15,16). The molecule has 0 spiro atoms. The summed E-state index contributed by atoms with van der Waals surface area (Å²) in [6.07, 6.45) is 3.42. The van der Waals surface area contributed by atoms with Gasteiger partial charge in [0.1, 0.15) is 5.92 Å². The number of aliphatic carboxylic acids is 1. The molecule has 92 valence electrons. The van der Waals surface area contributed by atoms with Gasteiger partial charge in [0.15, 0.2) is 5.82 Å². The minimum Gasteiger partial charge on any atom is -0.481 e. The summed E-state index contributed by atoms with van der Waals surface area (Å²) < 4.78 is 5.28. The smallest absolute Gasteiger partial charge is 0.314 e. The molecule has 0 radical (unpaired) electrons. The summed E-state index contributed by atoms with van der Waals surface area (Å²) in [6.45, 7) is 3.00. The zero-order chi connectivity index (χ0) is 12.3. The number of carbonyl (C=O) groups is 1. The van der Waals surface area contributed by atoms with Gasteiger partial charge in [-0.15, -0.1) is 5.10 Å². The van der Waals surface area contributed by atoms with Gasteiger partial charge >= 0.3 is 5.97 Å². The number of ether oxygens (including phenoxy) is 1. The fraction of sp³-hybridized carbons (Fsp3) is 0.636. The van der Waals surface area contributed by atoms with Crippen molar-refractivity contribution in [2.75, 3.05) is 13.2 Å². The summed E-state index contributed by atoms with van der Waals surface area (Å²) in [5, 5.41) is 16.5. The van der Waals surface area contributed by atoms with Crippen LogP contribution in [0.3, 0.4) is 0 Å². The van der Waals surface area contributed by atoms with E-state index in [9.17, 15) is 4.79 Å². The molecule has 1 unspecified atom stereocenters. The molecule has 1 aromatic heterocycles. The highest BCUT2D eigenvalue weighted by atomic mass is 16.5. The van der Waals surface area contributed by atoms with Crippen LogP contribution in [0.1, 0.15) is 43.1 Å². The van der Waals surface area contributed by atoms with Gasteiger partial charge < -0.3 is 9.84 Å². The molecule has 1 aliphatic heterocycles. The molecule has 0 aromatic carbocycles. The molecule has 2 heterocycles. The van der Waals surface area contributed by atoms with Gasteiger partial charge in [-0.1, -0.05) is 0 Å². The SMILES string of the molecule is CC(C(=O)O)c1nncc(C2CCOCC2)n1. The van der Waals surface area contributed by atoms with Crippen molar-refractivity contribution < 1.29 is 14.6 Å². The van der Waals surface area contributed by atoms with Crippen LogP contribution < -0.4 is 0 Å². The van der Waals surface area contributed by atoms with E-state index in [1.54, 1.807) is 13.1 Å². The van der Waals surface area contributed by atoms with Crippen LogP contribution in [0.15, 0.2) is 6.20 Å². The van der Waals surface area contributed by atoms with E-state index >= 15 is 0 Å². The van der Waals surface area contributed by atoms with Crippen LogP contribution in [0.4, 0.5) is 0 Å². The van der Waals surface area contributed by atoms with Crippen molar-refractivity contribution in [2.45, 2.75) is 31.6 Å². The first-order valence-corrected chi connectivity index (χ1v) is 5.68. The minimum atomic E-state index is -0.934. The van der Waals surface area contributed by atoms with Crippen LogP contribution in [-0.2, 0) is 9.53 Å². The molecular weight excluding hydrogens is 222 g/mol. The fourth-order valence-electron chi connectivity index (χ4n) is 1.81. The average molecular weight is 237 g/mol. The van der Waals surface area contributed by atoms with E-state index in [0.29, 0.717) is 5.92 Å². The maximum Gasteiger partial charge on any atom is 0.314 e. The molecule has 0 bridgehead atoms. The lowest BCUT2D eigenvalue weighted by molar-refractivity contribution is -0.138. The molecule has 0 aliphatic carbocycles. The van der Waals surface area contributed by atoms with E-state index in [-0.39, 0.29) is 5.82 Å². The number of hydrogen-bond acceptors (Lipinski definition) is 5. The molecule has 1 aromatic rings. The van der Waals surface area contributed by atoms with Crippen LogP contribution in [0.5, 0.6) is 0 Å². The second kappa shape index (κ2) is 5.18. The third-order valence-corrected chi connectivity index (χ3v) is 2.99. The summed E-state index contributed by atoms with van der Waals surface area (Å²) in [5.74, 6) is -1.07. The highest BCUT2D eigenvalue weighted by Gasteiger charge is 2.22. The van der Waals surface area contributed by atoms with Gasteiger partial charge in [-0.3, -0.25) is 4.79 Å². The van der Waals surface area contributed by atoms with E-state index < -0.39 is 11.9 Å². The molecule has 6 heteroatoms. The van der Waals surface area contributed by atoms with Crippen molar-refractivity contribution in [2.24, 2.45) is 0 Å². The van der Waals surface area contributed by atoms with Crippen molar-refractivity contribution in [3.05, 3.63) is 17.7 Å². The second-order valence-corrected chi connectivity index (χ2v) is 4.19. The summed E-state index contributed by atoms with van der Waals surface area (Å²) >= 11 is 0. The van der Waals surface area contributed by atoms with Gasteiger partial charge in [-0.05, 0) is 19.8 Å². The Labute approximate surface area is 99.0 Å². The van der Waals surface area contributed by atoms with E-state index in [0.717, 1.165) is 31.7 Å². The van der Waals surface area contributed by atoms with E-state index in [1.807, 2.05) is 0 Å². The maximum absolute atomic E-state index is 10.9. The molecule has 17 heavy (non-hydrogen) atoms. The van der Waals surface area contributed by atoms with Crippen LogP contribution >= 0.6 is 0 Å². The first kappa shape index (κ1) is 11.9. The summed E-state index contributed by atoms with van der Waals surface area (Å²) in [4.78, 5) is 15.2. The highest BCUT2D eigenvalue weighted by molar-refractivity contribution is 5.74. The van der Waals surface area contributed by atoms with Gasteiger partial charge in [-0.25, -0.2) is 4.98 Å². The molecule has 0 amide bonds. The molecular formula is C11H15N3O3. The number of rotatable bonds is 3. The van der Waals surface area contributed by atoms with Crippen molar-refractivity contribution in [3.63, 3.8) is 0 Å². The summed E-state index contributed by atoms with van der Waals surface area (Å²) in [7, 11) is 0. The largest absolute Gasteiger partial charge is 0.481 e. The van der Waals surface area contributed by atoms with Crippen molar-refractivity contribution in [1.82, 2.24) is 15.2 Å². The van der Waals surface area contributed by atoms with Gasteiger partial charge in [0.2, 0.25) is 0 Å². The first-order valence-electron chi connectivity index (χ1n) is 5.68. The number of aromatic nitrogens is 3. The number of hydrogen-bond donors (Lipinski definition) is 1. The zero-order valence-electron chi connectivity index (χ0n) is 9.67. The Morgan fingerprint density at radius 2 is 2.24 bits per heavy atom. The van der Waals surface area contributed by atoms with E-state index in [1.165, 1.54) is 0 Å². The number of nitrogens with zero attached hydrogens (tertiary/aromatic N) is 3. The highest BCUT2D eigenvalue weighted by Crippen LogP contribution is 2.25. The van der Waals surface area contributed by atoms with Crippen molar-refractivity contribution in [1.29, 1.82) is 0 Å². The van der Waals surface area contributed by atoms with Gasteiger partial charge in [0.25, 0.3) is 0 Å². The summed E-state index contributed by atoms with van der Waals surface area (Å²) in [5.41, 5.74) is 0.825. The molecule has 6 nitrogen and oxygen atoms in total. The molecule has 0 saturated carbocycles.